The summed E-state index contributed by atoms with van der Waals surface area (Å²) in [4.78, 5) is 28.6. The number of nitrogen functional groups attached to an aromatic ring is 1. The molecule has 1 amide bonds. The third-order valence-electron chi connectivity index (χ3n) is 3.86. The molecule has 0 saturated carbocycles. The first kappa shape index (κ1) is 18.1. The second-order valence-corrected chi connectivity index (χ2v) is 5.77. The molecule has 3 N–H and O–H groups in total. The number of aromatic nitrogens is 3. The number of anilines is 1. The van der Waals surface area contributed by atoms with Crippen molar-refractivity contribution in [1.29, 1.82) is 0 Å². The number of carbonyl (C=O) groups excluding carboxylic acids is 2. The van der Waals surface area contributed by atoms with Gasteiger partial charge in [0, 0.05) is 12.1 Å². The van der Waals surface area contributed by atoms with Gasteiger partial charge < -0.3 is 15.8 Å². The lowest BCUT2D eigenvalue weighted by atomic mass is 10.2. The Morgan fingerprint density at radius 1 is 1.11 bits per heavy atom. The quantitative estimate of drug-likeness (QED) is 0.683. The van der Waals surface area contributed by atoms with Crippen molar-refractivity contribution in [2.24, 2.45) is 0 Å². The number of methoxy groups -OCH3 is 1. The number of benzene rings is 2. The van der Waals surface area contributed by atoms with Crippen LogP contribution in [0.15, 0.2) is 54.6 Å². The van der Waals surface area contributed by atoms with E-state index in [1.54, 1.807) is 31.4 Å². The first-order valence-corrected chi connectivity index (χ1v) is 8.27. The van der Waals surface area contributed by atoms with Crippen LogP contribution in [-0.2, 0) is 17.8 Å². The van der Waals surface area contributed by atoms with Crippen LogP contribution in [0.3, 0.4) is 0 Å². The summed E-state index contributed by atoms with van der Waals surface area (Å²) in [6.07, 6.45) is -0.0695. The van der Waals surface area contributed by atoms with Gasteiger partial charge in [-0.25, -0.2) is 0 Å². The molecule has 0 radical (unpaired) electrons. The van der Waals surface area contributed by atoms with Crippen molar-refractivity contribution in [3.05, 3.63) is 71.5 Å². The molecule has 138 valence electrons. The highest BCUT2D eigenvalue weighted by Gasteiger charge is 2.17. The Bertz CT molecular complexity index is 936. The van der Waals surface area contributed by atoms with Gasteiger partial charge in [-0.05, 0) is 29.8 Å². The third kappa shape index (κ3) is 4.49. The van der Waals surface area contributed by atoms with E-state index in [9.17, 15) is 9.59 Å². The van der Waals surface area contributed by atoms with Crippen molar-refractivity contribution in [3.63, 3.8) is 0 Å². The molecular weight excluding hydrogens is 346 g/mol. The highest BCUT2D eigenvalue weighted by molar-refractivity contribution is 5.96. The molecule has 0 spiro atoms. The molecule has 0 saturated heterocycles. The summed E-state index contributed by atoms with van der Waals surface area (Å²) in [6.45, 7) is 0.403. The van der Waals surface area contributed by atoms with E-state index in [-0.39, 0.29) is 24.1 Å². The molecule has 2 aromatic carbocycles. The lowest BCUT2D eigenvalue weighted by molar-refractivity contribution is -0.120. The van der Waals surface area contributed by atoms with Gasteiger partial charge in [0.15, 0.2) is 5.82 Å². The molecule has 1 aromatic heterocycles. The van der Waals surface area contributed by atoms with Crippen molar-refractivity contribution in [2.45, 2.75) is 13.0 Å². The van der Waals surface area contributed by atoms with E-state index in [1.165, 1.54) is 0 Å². The number of ether oxygens (including phenoxy) is 1. The van der Waals surface area contributed by atoms with Crippen LogP contribution in [0.25, 0.3) is 0 Å². The van der Waals surface area contributed by atoms with Gasteiger partial charge in [0.05, 0.1) is 13.5 Å². The Labute approximate surface area is 156 Å². The van der Waals surface area contributed by atoms with E-state index in [1.807, 2.05) is 30.3 Å². The first-order chi connectivity index (χ1) is 13.1. The lowest BCUT2D eigenvalue weighted by Crippen LogP contribution is -2.25. The number of nitrogens with one attached hydrogen (secondary N) is 1. The summed E-state index contributed by atoms with van der Waals surface area (Å²) in [5.41, 5.74) is 7.16. The van der Waals surface area contributed by atoms with Crippen LogP contribution in [0.2, 0.25) is 0 Å². The highest BCUT2D eigenvalue weighted by Crippen LogP contribution is 2.13. The largest absolute Gasteiger partial charge is 0.497 e. The summed E-state index contributed by atoms with van der Waals surface area (Å²) in [5, 5.41) is 6.84. The standard InChI is InChI=1S/C19H19N5O3/c1-27-15-9-7-14(8-10-15)18(26)24-19(20)22-16(23-24)11-17(25)21-12-13-5-3-2-4-6-13/h2-10H,11-12H2,1H3,(H,21,25)(H2,20,22,23). The van der Waals surface area contributed by atoms with Crippen LogP contribution in [0.5, 0.6) is 5.75 Å². The average Bonchev–Trinajstić information content (AvgIpc) is 3.06. The molecule has 8 heteroatoms. The highest BCUT2D eigenvalue weighted by atomic mass is 16.5. The summed E-state index contributed by atoms with van der Waals surface area (Å²) >= 11 is 0. The van der Waals surface area contributed by atoms with Crippen LogP contribution >= 0.6 is 0 Å². The first-order valence-electron chi connectivity index (χ1n) is 8.27. The Morgan fingerprint density at radius 2 is 1.81 bits per heavy atom. The van der Waals surface area contributed by atoms with Crippen LogP contribution in [-0.4, -0.2) is 33.7 Å². The fourth-order valence-electron chi connectivity index (χ4n) is 2.45. The predicted molar refractivity (Wildman–Crippen MR) is 99.1 cm³/mol. The van der Waals surface area contributed by atoms with Gasteiger partial charge in [-0.3, -0.25) is 9.59 Å². The number of nitrogens with zero attached hydrogens (tertiary/aromatic N) is 3. The minimum Gasteiger partial charge on any atom is -0.497 e. The molecule has 27 heavy (non-hydrogen) atoms. The molecule has 3 aromatic rings. The normalized spacial score (nSPS) is 10.4. The number of amides is 1. The average molecular weight is 365 g/mol. The van der Waals surface area contributed by atoms with Crippen LogP contribution < -0.4 is 15.8 Å². The molecule has 0 fully saturated rings. The topological polar surface area (TPSA) is 112 Å². The molecule has 3 rings (SSSR count). The summed E-state index contributed by atoms with van der Waals surface area (Å²) in [6, 6.07) is 16.1. The molecule has 0 bridgehead atoms. The zero-order valence-corrected chi connectivity index (χ0v) is 14.8. The lowest BCUT2D eigenvalue weighted by Gasteiger charge is -2.04. The van der Waals surface area contributed by atoms with Gasteiger partial charge in [-0.1, -0.05) is 30.3 Å². The van der Waals surface area contributed by atoms with E-state index >= 15 is 0 Å². The van der Waals surface area contributed by atoms with E-state index in [0.717, 1.165) is 10.2 Å². The monoisotopic (exact) mass is 365 g/mol. The Balaban J connectivity index is 1.64. The SMILES string of the molecule is COc1ccc(C(=O)n2nc(CC(=O)NCc3ccccc3)nc2N)cc1. The second kappa shape index (κ2) is 8.13. The Kier molecular flexibility index (Phi) is 5.46. The molecular formula is C19H19N5O3. The summed E-state index contributed by atoms with van der Waals surface area (Å²) in [7, 11) is 1.54. The summed E-state index contributed by atoms with van der Waals surface area (Å²) < 4.78 is 6.05. The molecule has 1 heterocycles. The van der Waals surface area contributed by atoms with Crippen molar-refractivity contribution < 1.29 is 14.3 Å². The number of carbonyl (C=O) groups is 2. The number of hydrogen-bond acceptors (Lipinski definition) is 6. The maximum atomic E-state index is 12.5. The van der Waals surface area contributed by atoms with Crippen LogP contribution in [0.1, 0.15) is 21.7 Å². The van der Waals surface area contributed by atoms with Gasteiger partial charge in [-0.2, -0.15) is 9.67 Å². The third-order valence-corrected chi connectivity index (χ3v) is 3.86. The number of hydrogen-bond donors (Lipinski definition) is 2. The fourth-order valence-corrected chi connectivity index (χ4v) is 2.45. The number of rotatable bonds is 6. The zero-order valence-electron chi connectivity index (χ0n) is 14.8. The minimum atomic E-state index is -0.432. The smallest absolute Gasteiger partial charge is 0.281 e. The molecule has 8 nitrogen and oxygen atoms in total. The van der Waals surface area contributed by atoms with Crippen molar-refractivity contribution in [3.8, 4) is 5.75 Å². The second-order valence-electron chi connectivity index (χ2n) is 5.77. The Morgan fingerprint density at radius 3 is 2.48 bits per heavy atom. The maximum absolute atomic E-state index is 12.5. The van der Waals surface area contributed by atoms with Crippen LogP contribution in [0.4, 0.5) is 5.95 Å². The van der Waals surface area contributed by atoms with Gasteiger partial charge in [0.2, 0.25) is 11.9 Å². The van der Waals surface area contributed by atoms with Crippen molar-refractivity contribution in [1.82, 2.24) is 20.1 Å². The van der Waals surface area contributed by atoms with Gasteiger partial charge in [-0.15, -0.1) is 5.10 Å². The van der Waals surface area contributed by atoms with Crippen molar-refractivity contribution in [2.75, 3.05) is 12.8 Å². The van der Waals surface area contributed by atoms with Gasteiger partial charge in [0.25, 0.3) is 5.91 Å². The Hall–Kier alpha value is -3.68. The van der Waals surface area contributed by atoms with E-state index in [0.29, 0.717) is 17.9 Å². The molecule has 0 unspecified atom stereocenters. The molecule has 0 aliphatic heterocycles. The minimum absolute atomic E-state index is 0.0679. The number of nitrogens with two attached hydrogens (primary N) is 1. The predicted octanol–water partition coefficient (Wildman–Crippen LogP) is 1.42. The van der Waals surface area contributed by atoms with E-state index < -0.39 is 5.91 Å². The van der Waals surface area contributed by atoms with E-state index in [4.69, 9.17) is 10.5 Å². The molecule has 0 aliphatic rings. The van der Waals surface area contributed by atoms with Crippen LogP contribution in [0, 0.1) is 0 Å². The molecule has 0 atom stereocenters. The summed E-state index contributed by atoms with van der Waals surface area (Å²) in [5.74, 6) is 0.0574. The van der Waals surface area contributed by atoms with Gasteiger partial charge in [0.1, 0.15) is 5.75 Å². The fraction of sp³-hybridized carbons (Fsp3) is 0.158. The maximum Gasteiger partial charge on any atom is 0.281 e. The molecule has 0 aliphatic carbocycles. The van der Waals surface area contributed by atoms with E-state index in [2.05, 4.69) is 15.4 Å². The zero-order chi connectivity index (χ0) is 19.2. The van der Waals surface area contributed by atoms with Gasteiger partial charge >= 0.3 is 0 Å². The van der Waals surface area contributed by atoms with Crippen molar-refractivity contribution >= 4 is 17.8 Å².